The van der Waals surface area contributed by atoms with Crippen molar-refractivity contribution in [1.29, 1.82) is 0 Å². The number of fused-ring (bicyclic) bond motifs is 1. The summed E-state index contributed by atoms with van der Waals surface area (Å²) in [5.41, 5.74) is 4.28. The lowest BCUT2D eigenvalue weighted by Gasteiger charge is -2.36. The number of carbonyl (C=O) groups is 3. The molecular weight excluding hydrogens is 902 g/mol. The average molecular weight is 937 g/mol. The number of nitrogens with one attached hydrogen (secondary N) is 2. The van der Waals surface area contributed by atoms with Crippen LogP contribution in [0.2, 0.25) is 10.0 Å². The van der Waals surface area contributed by atoms with Crippen molar-refractivity contribution in [2.24, 2.45) is 5.41 Å². The number of amides is 2. The highest BCUT2D eigenvalue weighted by Gasteiger charge is 2.47. The number of benzene rings is 1. The molecule has 4 rings (SSSR count). The number of phosphoric ester groups is 3. The molecule has 58 heavy (non-hydrogen) atoms. The Hall–Kier alpha value is -2.64. The number of phosphoric acid groups is 3. The molecule has 2 aromatic heterocycles. The number of thioether (sulfide) groups is 1. The van der Waals surface area contributed by atoms with Gasteiger partial charge in [0, 0.05) is 41.3 Å². The Balaban J connectivity index is 1.22. The summed E-state index contributed by atoms with van der Waals surface area (Å²) < 4.78 is 60.5. The number of aliphatic hydroxyl groups is 2. The number of rotatable bonds is 20. The second-order valence-electron chi connectivity index (χ2n) is 12.7. The maximum Gasteiger partial charge on any atom is 0.274 e. The van der Waals surface area contributed by atoms with Gasteiger partial charge in [0.1, 0.15) is 36.3 Å². The average Bonchev–Trinajstić information content (AvgIpc) is 3.68. The molecule has 2 amide bonds. The van der Waals surface area contributed by atoms with Crippen LogP contribution < -0.4 is 35.9 Å². The smallest absolute Gasteiger partial charge is 0.274 e. The van der Waals surface area contributed by atoms with Crippen LogP contribution in [0.25, 0.3) is 11.2 Å². The number of nitrogens with zero attached hydrogens (tertiary/aromatic N) is 4. The van der Waals surface area contributed by atoms with Crippen LogP contribution in [0.1, 0.15) is 36.9 Å². The number of aromatic nitrogens is 4. The monoisotopic (exact) mass is 935 g/mol. The van der Waals surface area contributed by atoms with Gasteiger partial charge in [-0.3, -0.25) is 28.1 Å². The number of carbonyl (C=O) groups excluding carboxylic acids is 3. The van der Waals surface area contributed by atoms with E-state index in [1.54, 1.807) is 0 Å². The van der Waals surface area contributed by atoms with Crippen molar-refractivity contribution in [2.45, 2.75) is 50.9 Å². The summed E-state index contributed by atoms with van der Waals surface area (Å²) in [6, 6.07) is 4.40. The fourth-order valence-corrected chi connectivity index (χ4v) is 8.99. The van der Waals surface area contributed by atoms with Gasteiger partial charge in [0.25, 0.3) is 15.6 Å². The van der Waals surface area contributed by atoms with E-state index in [4.69, 9.17) is 33.7 Å². The largest absolute Gasteiger partial charge is 0.790 e. The lowest BCUT2D eigenvalue weighted by Crippen LogP contribution is -2.46. The van der Waals surface area contributed by atoms with E-state index >= 15 is 0 Å². The Bertz CT molecular complexity index is 2130. The van der Waals surface area contributed by atoms with Crippen molar-refractivity contribution < 1.29 is 80.5 Å². The highest BCUT2D eigenvalue weighted by molar-refractivity contribution is 8.14. The van der Waals surface area contributed by atoms with Crippen LogP contribution in [0.15, 0.2) is 30.9 Å². The minimum Gasteiger partial charge on any atom is -0.790 e. The molecule has 3 heterocycles. The standard InChI is InChI=1S/C28H38Cl2N7O17P3S/c1-28(2,22(40)25(41)33-6-5-18(38)32-7-8-58-27(42)15-4-3-14(29)9-16(15)30)11-51-57(48,49)54-56(46,47)50-10-17-21(53-55(43,44)45)20(39)26(52-17)37-13-36-19-23(31)34-12-35-24(19)37/h3-4,9,12-13,17,20-22,26,39-40H,5-8,10-11H2,1-2H3,(H,32,38)(H,33,41)(H,46,47)(H,48,49)(H2,31,34,35)(H2,43,44,45)/p-4/t17-,20-,21-,22+,26-/m1/s1. The van der Waals surface area contributed by atoms with Gasteiger partial charge in [-0.2, -0.15) is 0 Å². The fraction of sp³-hybridized carbons (Fsp3) is 0.500. The van der Waals surface area contributed by atoms with E-state index in [0.29, 0.717) is 5.02 Å². The van der Waals surface area contributed by atoms with Crippen molar-refractivity contribution in [3.05, 3.63) is 46.5 Å². The van der Waals surface area contributed by atoms with E-state index in [1.165, 1.54) is 32.0 Å². The minimum absolute atomic E-state index is 0.0280. The van der Waals surface area contributed by atoms with E-state index in [0.717, 1.165) is 29.0 Å². The molecule has 24 nitrogen and oxygen atoms in total. The molecule has 1 saturated heterocycles. The zero-order chi connectivity index (χ0) is 43.2. The Morgan fingerprint density at radius 2 is 1.76 bits per heavy atom. The first-order valence-corrected chi connectivity index (χ1v) is 22.5. The summed E-state index contributed by atoms with van der Waals surface area (Å²) in [6.07, 6.45) is -7.71. The van der Waals surface area contributed by atoms with E-state index in [-0.39, 0.29) is 57.9 Å². The highest BCUT2D eigenvalue weighted by atomic mass is 35.5. The Morgan fingerprint density at radius 1 is 1.07 bits per heavy atom. The van der Waals surface area contributed by atoms with E-state index in [9.17, 15) is 57.9 Å². The van der Waals surface area contributed by atoms with Gasteiger partial charge in [0.2, 0.25) is 16.9 Å². The van der Waals surface area contributed by atoms with Gasteiger partial charge in [-0.15, -0.1) is 0 Å². The molecule has 0 saturated carbocycles. The molecule has 322 valence electrons. The first-order chi connectivity index (χ1) is 26.9. The molecule has 1 aliphatic rings. The predicted molar refractivity (Wildman–Crippen MR) is 194 cm³/mol. The van der Waals surface area contributed by atoms with Crippen LogP contribution in [-0.2, 0) is 45.9 Å². The summed E-state index contributed by atoms with van der Waals surface area (Å²) in [5.74, 6) is -1.44. The van der Waals surface area contributed by atoms with Crippen LogP contribution >= 0.6 is 58.4 Å². The van der Waals surface area contributed by atoms with Gasteiger partial charge in [-0.25, -0.2) is 19.3 Å². The first kappa shape index (κ1) is 48.0. The zero-order valence-corrected chi connectivity index (χ0v) is 34.9. The molecule has 7 atom stereocenters. The van der Waals surface area contributed by atoms with Crippen molar-refractivity contribution in [3.8, 4) is 0 Å². The van der Waals surface area contributed by atoms with Crippen molar-refractivity contribution in [1.82, 2.24) is 30.2 Å². The molecule has 3 aromatic rings. The normalized spacial score (nSPS) is 21.3. The van der Waals surface area contributed by atoms with Gasteiger partial charge >= 0.3 is 0 Å². The maximum atomic E-state index is 12.6. The second kappa shape index (κ2) is 19.8. The summed E-state index contributed by atoms with van der Waals surface area (Å²) >= 11 is 12.7. The first-order valence-electron chi connectivity index (χ1n) is 16.3. The fourth-order valence-electron chi connectivity index (χ4n) is 4.98. The molecule has 0 radical (unpaired) electrons. The van der Waals surface area contributed by atoms with Crippen LogP contribution in [0, 0.1) is 5.41 Å². The molecule has 0 bridgehead atoms. The minimum atomic E-state index is -5.93. The maximum absolute atomic E-state index is 12.6. The summed E-state index contributed by atoms with van der Waals surface area (Å²) in [6.45, 7) is -0.102. The number of ether oxygens (including phenoxy) is 1. The molecule has 30 heteroatoms. The topological polar surface area (TPSA) is 375 Å². The van der Waals surface area contributed by atoms with Crippen LogP contribution in [0.3, 0.4) is 0 Å². The third-order valence-corrected chi connectivity index (χ3v) is 12.3. The summed E-state index contributed by atoms with van der Waals surface area (Å²) in [5, 5.41) is 26.4. The van der Waals surface area contributed by atoms with Gasteiger partial charge in [0.15, 0.2) is 17.7 Å². The number of anilines is 1. The molecule has 2 unspecified atom stereocenters. The lowest BCUT2D eigenvalue weighted by atomic mass is 9.87. The molecule has 0 aliphatic carbocycles. The van der Waals surface area contributed by atoms with Gasteiger partial charge < -0.3 is 69.0 Å². The Labute approximate surface area is 342 Å². The third kappa shape index (κ3) is 13.4. The van der Waals surface area contributed by atoms with Crippen LogP contribution in [0.5, 0.6) is 0 Å². The molecule has 1 aliphatic heterocycles. The number of imidazole rings is 1. The molecule has 6 N–H and O–H groups in total. The molecule has 1 aromatic carbocycles. The summed E-state index contributed by atoms with van der Waals surface area (Å²) in [4.78, 5) is 96.5. The summed E-state index contributed by atoms with van der Waals surface area (Å²) in [7, 11) is -17.6. The number of nitrogens with two attached hydrogens (primary N) is 1. The number of aliphatic hydroxyl groups excluding tert-OH is 2. The van der Waals surface area contributed by atoms with Crippen molar-refractivity contribution >= 4 is 92.3 Å². The highest BCUT2D eigenvalue weighted by Crippen LogP contribution is 2.56. The quantitative estimate of drug-likeness (QED) is 0.0653. The predicted octanol–water partition coefficient (Wildman–Crippen LogP) is -1.24. The molecular formula is C28H34Cl2N7O17P3S-4. The van der Waals surface area contributed by atoms with E-state index in [1.807, 2.05) is 0 Å². The van der Waals surface area contributed by atoms with Crippen molar-refractivity contribution in [3.63, 3.8) is 0 Å². The van der Waals surface area contributed by atoms with Gasteiger partial charge in [0.05, 0.1) is 32.4 Å². The number of nitrogen functional groups attached to an aromatic ring is 1. The van der Waals surface area contributed by atoms with Crippen LogP contribution in [-0.4, -0.2) is 103 Å². The van der Waals surface area contributed by atoms with Crippen LogP contribution in [0.4, 0.5) is 5.82 Å². The molecule has 0 spiro atoms. The van der Waals surface area contributed by atoms with E-state index < -0.39 is 84.6 Å². The van der Waals surface area contributed by atoms with Gasteiger partial charge in [-0.05, 0) is 18.2 Å². The third-order valence-electron chi connectivity index (χ3n) is 7.86. The number of hydrogen-bond acceptors (Lipinski definition) is 22. The van der Waals surface area contributed by atoms with Crippen molar-refractivity contribution in [2.75, 3.05) is 37.8 Å². The molecule has 1 fully saturated rings. The zero-order valence-electron chi connectivity index (χ0n) is 29.9. The van der Waals surface area contributed by atoms with E-state index in [2.05, 4.69) is 43.5 Å². The number of hydrogen-bond donors (Lipinski definition) is 5. The Kier molecular flexibility index (Phi) is 16.4. The number of halogens is 2. The second-order valence-corrected chi connectivity index (χ2v) is 18.7. The lowest BCUT2D eigenvalue weighted by molar-refractivity contribution is -0.347. The SMILES string of the molecule is CC(C)(COP(=O)([O-])OP(=O)([O-])OC[C@H]1O[C@@H](n2cnc3c(N)ncnc32)[C@H](O)[C@@H]1OP(=O)([O-])[O-])[C@@H](O)C(=O)NCCC(=O)NCCSC(=O)c1ccc(Cl)cc1Cl. The Morgan fingerprint density at radius 3 is 2.43 bits per heavy atom. The van der Waals surface area contributed by atoms with Gasteiger partial charge in [-0.1, -0.05) is 48.8 Å².